The van der Waals surface area contributed by atoms with E-state index in [4.69, 9.17) is 0 Å². The van der Waals surface area contributed by atoms with Gasteiger partial charge in [-0.25, -0.2) is 4.79 Å². The highest BCUT2D eigenvalue weighted by Crippen LogP contribution is 1.86. The van der Waals surface area contributed by atoms with Gasteiger partial charge in [-0.15, -0.1) is 0 Å². The molecule has 0 aromatic heterocycles. The Bertz CT molecular complexity index is 117. The lowest BCUT2D eigenvalue weighted by molar-refractivity contribution is -0.123. The van der Waals surface area contributed by atoms with Crippen LogP contribution in [-0.2, 0) is 9.53 Å². The normalized spacial score (nSPS) is 8.50. The van der Waals surface area contributed by atoms with E-state index in [1.165, 1.54) is 0 Å². The fraction of sp³-hybridized carbons (Fsp3) is 0.600. The standard InChI is InChI=1S/C5H9NO3S/c1-10-3-2-6-5(8)9-4-7/h4H,2-3H2,1H3,(H,6,8). The molecular formula is C5H9NO3S. The summed E-state index contributed by atoms with van der Waals surface area (Å²) in [5, 5.41) is 2.37. The van der Waals surface area contributed by atoms with Crippen LogP contribution < -0.4 is 5.32 Å². The summed E-state index contributed by atoms with van der Waals surface area (Å²) in [6, 6.07) is 0. The largest absolute Gasteiger partial charge is 0.414 e. The van der Waals surface area contributed by atoms with E-state index in [0.29, 0.717) is 6.54 Å². The number of thioether (sulfide) groups is 1. The van der Waals surface area contributed by atoms with E-state index >= 15 is 0 Å². The van der Waals surface area contributed by atoms with Crippen LogP contribution in [0.1, 0.15) is 0 Å². The monoisotopic (exact) mass is 163 g/mol. The molecule has 0 aromatic carbocycles. The van der Waals surface area contributed by atoms with Gasteiger partial charge in [0.25, 0.3) is 0 Å². The zero-order valence-corrected chi connectivity index (χ0v) is 6.44. The molecule has 58 valence electrons. The van der Waals surface area contributed by atoms with Gasteiger partial charge in [0.15, 0.2) is 0 Å². The van der Waals surface area contributed by atoms with Crippen molar-refractivity contribution in [1.82, 2.24) is 5.32 Å². The second kappa shape index (κ2) is 6.41. The second-order valence-electron chi connectivity index (χ2n) is 1.42. The molecule has 0 aliphatic rings. The molecule has 0 saturated heterocycles. The smallest absolute Gasteiger partial charge is 0.379 e. The predicted octanol–water partition coefficient (Wildman–Crippen LogP) is 0.232. The molecule has 5 heteroatoms. The number of nitrogens with one attached hydrogen (secondary N) is 1. The maximum Gasteiger partial charge on any atom is 0.414 e. The van der Waals surface area contributed by atoms with Crippen molar-refractivity contribution in [3.63, 3.8) is 0 Å². The van der Waals surface area contributed by atoms with Crippen LogP contribution in [0.5, 0.6) is 0 Å². The summed E-state index contributed by atoms with van der Waals surface area (Å²) in [5.74, 6) is 0.813. The van der Waals surface area contributed by atoms with Crippen molar-refractivity contribution in [2.45, 2.75) is 0 Å². The number of hydrogen-bond acceptors (Lipinski definition) is 4. The lowest BCUT2D eigenvalue weighted by atomic mass is 10.7. The van der Waals surface area contributed by atoms with Gasteiger partial charge < -0.3 is 10.1 Å². The summed E-state index contributed by atoms with van der Waals surface area (Å²) < 4.78 is 3.95. The number of amides is 1. The number of alkyl carbamates (subject to hydrolysis) is 1. The maximum absolute atomic E-state index is 10.3. The van der Waals surface area contributed by atoms with Crippen LogP contribution >= 0.6 is 11.8 Å². The minimum absolute atomic E-state index is 0.106. The van der Waals surface area contributed by atoms with Crippen molar-refractivity contribution in [1.29, 1.82) is 0 Å². The number of carbonyl (C=O) groups excluding carboxylic acids is 2. The van der Waals surface area contributed by atoms with Gasteiger partial charge >= 0.3 is 12.6 Å². The van der Waals surface area contributed by atoms with Crippen molar-refractivity contribution in [2.24, 2.45) is 0 Å². The van der Waals surface area contributed by atoms with Gasteiger partial charge in [0.1, 0.15) is 0 Å². The van der Waals surface area contributed by atoms with E-state index in [0.717, 1.165) is 5.75 Å². The predicted molar refractivity (Wildman–Crippen MR) is 38.9 cm³/mol. The second-order valence-corrected chi connectivity index (χ2v) is 2.41. The van der Waals surface area contributed by atoms with Crippen molar-refractivity contribution >= 4 is 24.3 Å². The molecule has 0 heterocycles. The van der Waals surface area contributed by atoms with Crippen molar-refractivity contribution in [2.75, 3.05) is 18.6 Å². The molecule has 0 bridgehead atoms. The third kappa shape index (κ3) is 5.43. The van der Waals surface area contributed by atoms with Crippen LogP contribution in [-0.4, -0.2) is 31.1 Å². The van der Waals surface area contributed by atoms with Crippen LogP contribution in [0, 0.1) is 0 Å². The van der Waals surface area contributed by atoms with Crippen LogP contribution in [0.4, 0.5) is 4.79 Å². The molecule has 0 fully saturated rings. The Hall–Kier alpha value is -0.710. The van der Waals surface area contributed by atoms with Gasteiger partial charge in [-0.2, -0.15) is 11.8 Å². The summed E-state index contributed by atoms with van der Waals surface area (Å²) in [6.07, 6.45) is 1.23. The maximum atomic E-state index is 10.3. The van der Waals surface area contributed by atoms with Crippen LogP contribution in [0.25, 0.3) is 0 Å². The van der Waals surface area contributed by atoms with Crippen LogP contribution in [0.15, 0.2) is 0 Å². The molecule has 10 heavy (non-hydrogen) atoms. The molecular weight excluding hydrogens is 154 g/mol. The highest BCUT2D eigenvalue weighted by Gasteiger charge is 1.96. The van der Waals surface area contributed by atoms with Gasteiger partial charge in [-0.3, -0.25) is 4.79 Å². The van der Waals surface area contributed by atoms with Crippen molar-refractivity contribution in [3.05, 3.63) is 0 Å². The SMILES string of the molecule is CSCCNC(=O)OC=O. The minimum Gasteiger partial charge on any atom is -0.379 e. The summed E-state index contributed by atoms with van der Waals surface area (Å²) in [7, 11) is 0. The molecule has 0 aliphatic carbocycles. The van der Waals surface area contributed by atoms with E-state index in [1.807, 2.05) is 6.26 Å². The van der Waals surface area contributed by atoms with E-state index < -0.39 is 6.09 Å². The fourth-order valence-electron chi connectivity index (χ4n) is 0.341. The third-order valence-electron chi connectivity index (χ3n) is 0.731. The third-order valence-corrected chi connectivity index (χ3v) is 1.34. The average molecular weight is 163 g/mol. The highest BCUT2D eigenvalue weighted by atomic mass is 32.2. The Morgan fingerprint density at radius 1 is 1.80 bits per heavy atom. The van der Waals surface area contributed by atoms with Gasteiger partial charge in [-0.05, 0) is 6.26 Å². The molecule has 0 rings (SSSR count). The fourth-order valence-corrected chi connectivity index (χ4v) is 0.647. The zero-order chi connectivity index (χ0) is 7.82. The number of carbonyl (C=O) groups is 2. The number of rotatable bonds is 4. The van der Waals surface area contributed by atoms with Crippen LogP contribution in [0.3, 0.4) is 0 Å². The number of ether oxygens (including phenoxy) is 1. The molecule has 0 aliphatic heterocycles. The molecule has 4 nitrogen and oxygen atoms in total. The van der Waals surface area contributed by atoms with E-state index in [-0.39, 0.29) is 6.47 Å². The lowest BCUT2D eigenvalue weighted by Crippen LogP contribution is -2.25. The Morgan fingerprint density at radius 3 is 3.00 bits per heavy atom. The lowest BCUT2D eigenvalue weighted by Gasteiger charge is -1.98. The zero-order valence-electron chi connectivity index (χ0n) is 5.62. The summed E-state index contributed by atoms with van der Waals surface area (Å²) in [5.41, 5.74) is 0. The quantitative estimate of drug-likeness (QED) is 0.366. The molecule has 1 N–H and O–H groups in total. The molecule has 1 amide bonds. The topological polar surface area (TPSA) is 55.4 Å². The summed E-state index contributed by atoms with van der Waals surface area (Å²) >= 11 is 1.60. The first-order chi connectivity index (χ1) is 4.81. The Balaban J connectivity index is 3.13. The Kier molecular flexibility index (Phi) is 5.96. The molecule has 0 saturated carbocycles. The molecule has 0 spiro atoms. The van der Waals surface area contributed by atoms with E-state index in [2.05, 4.69) is 10.1 Å². The first-order valence-corrected chi connectivity index (χ1v) is 4.07. The van der Waals surface area contributed by atoms with E-state index in [1.54, 1.807) is 11.8 Å². The van der Waals surface area contributed by atoms with Crippen molar-refractivity contribution in [3.8, 4) is 0 Å². The summed E-state index contributed by atoms with van der Waals surface area (Å²) in [6.45, 7) is 0.627. The molecule has 0 aromatic rings. The molecule has 0 atom stereocenters. The first-order valence-electron chi connectivity index (χ1n) is 2.68. The number of hydrogen-bond donors (Lipinski definition) is 1. The summed E-state index contributed by atoms with van der Waals surface area (Å²) in [4.78, 5) is 19.9. The van der Waals surface area contributed by atoms with Gasteiger partial charge in [-0.1, -0.05) is 0 Å². The first kappa shape index (κ1) is 9.29. The molecule has 0 radical (unpaired) electrons. The molecule has 0 unspecified atom stereocenters. The van der Waals surface area contributed by atoms with Gasteiger partial charge in [0, 0.05) is 12.3 Å². The van der Waals surface area contributed by atoms with Crippen LogP contribution in [0.2, 0.25) is 0 Å². The van der Waals surface area contributed by atoms with E-state index in [9.17, 15) is 9.59 Å². The Morgan fingerprint density at radius 2 is 2.50 bits per heavy atom. The van der Waals surface area contributed by atoms with Crippen molar-refractivity contribution < 1.29 is 14.3 Å². The van der Waals surface area contributed by atoms with Gasteiger partial charge in [0.2, 0.25) is 0 Å². The minimum atomic E-state index is -0.691. The Labute approximate surface area is 63.3 Å². The highest BCUT2D eigenvalue weighted by molar-refractivity contribution is 7.98. The van der Waals surface area contributed by atoms with Gasteiger partial charge in [0.05, 0.1) is 0 Å². The average Bonchev–Trinajstić information content (AvgIpc) is 1.89.